The predicted molar refractivity (Wildman–Crippen MR) is 87.5 cm³/mol. The number of halogens is 2. The van der Waals surface area contributed by atoms with Crippen molar-refractivity contribution in [3.05, 3.63) is 69.7 Å². The van der Waals surface area contributed by atoms with E-state index in [1.165, 1.54) is 0 Å². The first-order chi connectivity index (χ1) is 10.2. The number of hydrogen-bond donors (Lipinski definition) is 2. The molecule has 2 atom stereocenters. The van der Waals surface area contributed by atoms with Crippen molar-refractivity contribution in [2.75, 3.05) is 7.11 Å². The molecule has 112 valence electrons. The molecule has 2 unspecified atom stereocenters. The Morgan fingerprint density at radius 3 is 2.43 bits per heavy atom. The Morgan fingerprint density at radius 1 is 1.14 bits per heavy atom. The van der Waals surface area contributed by atoms with E-state index in [0.29, 0.717) is 16.5 Å². The van der Waals surface area contributed by atoms with Crippen molar-refractivity contribution < 1.29 is 4.74 Å². The topological polar surface area (TPSA) is 47.3 Å². The minimum Gasteiger partial charge on any atom is -0.375 e. The summed E-state index contributed by atoms with van der Waals surface area (Å²) in [5.74, 6) is 5.72. The summed E-state index contributed by atoms with van der Waals surface area (Å²) in [6.45, 7) is 0. The smallest absolute Gasteiger partial charge is 0.0990 e. The quantitative estimate of drug-likeness (QED) is 0.628. The summed E-state index contributed by atoms with van der Waals surface area (Å²) in [7, 11) is 1.67. The number of hydrazine groups is 1. The highest BCUT2D eigenvalue weighted by molar-refractivity contribution is 6.35. The van der Waals surface area contributed by atoms with Crippen molar-refractivity contribution in [3.63, 3.8) is 0 Å². The molecule has 2 aromatic carbocycles. The molecule has 0 aromatic heterocycles. The van der Waals surface area contributed by atoms with Gasteiger partial charge in [-0.2, -0.15) is 0 Å². The van der Waals surface area contributed by atoms with Crippen LogP contribution in [0.2, 0.25) is 10.0 Å². The molecule has 0 fully saturated rings. The van der Waals surface area contributed by atoms with Crippen molar-refractivity contribution in [2.24, 2.45) is 5.84 Å². The molecule has 0 spiro atoms. The van der Waals surface area contributed by atoms with Gasteiger partial charge in [0.15, 0.2) is 0 Å². The highest BCUT2D eigenvalue weighted by Crippen LogP contribution is 2.27. The monoisotopic (exact) mass is 324 g/mol. The maximum Gasteiger partial charge on any atom is 0.0990 e. The number of methoxy groups -OCH3 is 1. The average molecular weight is 325 g/mol. The van der Waals surface area contributed by atoms with E-state index in [1.807, 2.05) is 42.5 Å². The number of rotatable bonds is 6. The first-order valence-electron chi connectivity index (χ1n) is 6.63. The van der Waals surface area contributed by atoms with E-state index in [0.717, 1.165) is 11.1 Å². The SMILES string of the molecule is COC(c1ccccc1)C(Cc1ccc(Cl)cc1Cl)NN. The zero-order valence-electron chi connectivity index (χ0n) is 11.7. The Labute approximate surface area is 135 Å². The molecule has 5 heteroatoms. The van der Waals surface area contributed by atoms with Crippen LogP contribution in [0.4, 0.5) is 0 Å². The number of nitrogens with two attached hydrogens (primary N) is 1. The second-order valence-electron chi connectivity index (χ2n) is 4.78. The summed E-state index contributed by atoms with van der Waals surface area (Å²) in [6.07, 6.45) is 0.475. The van der Waals surface area contributed by atoms with Crippen LogP contribution in [0.5, 0.6) is 0 Å². The Bertz CT molecular complexity index is 578. The largest absolute Gasteiger partial charge is 0.375 e. The summed E-state index contributed by atoms with van der Waals surface area (Å²) in [5, 5.41) is 1.25. The van der Waals surface area contributed by atoms with Crippen molar-refractivity contribution in [2.45, 2.75) is 18.6 Å². The van der Waals surface area contributed by atoms with E-state index in [9.17, 15) is 0 Å². The lowest BCUT2D eigenvalue weighted by molar-refractivity contribution is 0.0679. The van der Waals surface area contributed by atoms with Gasteiger partial charge in [0.1, 0.15) is 0 Å². The lowest BCUT2D eigenvalue weighted by Crippen LogP contribution is -2.42. The summed E-state index contributed by atoms with van der Waals surface area (Å²) in [4.78, 5) is 0. The Hall–Kier alpha value is -1.10. The Balaban J connectivity index is 2.22. The lowest BCUT2D eigenvalue weighted by atomic mass is 9.96. The molecule has 0 aliphatic carbocycles. The van der Waals surface area contributed by atoms with E-state index in [1.54, 1.807) is 13.2 Å². The molecule has 3 nitrogen and oxygen atoms in total. The summed E-state index contributed by atoms with van der Waals surface area (Å²) >= 11 is 12.2. The second-order valence-corrected chi connectivity index (χ2v) is 5.62. The highest BCUT2D eigenvalue weighted by Gasteiger charge is 2.23. The fourth-order valence-corrected chi connectivity index (χ4v) is 2.84. The van der Waals surface area contributed by atoms with Gasteiger partial charge in [-0.15, -0.1) is 0 Å². The minimum atomic E-state index is -0.164. The van der Waals surface area contributed by atoms with Crippen LogP contribution in [0.1, 0.15) is 17.2 Å². The molecule has 2 rings (SSSR count). The van der Waals surface area contributed by atoms with E-state index >= 15 is 0 Å². The molecule has 3 N–H and O–H groups in total. The molecule has 0 amide bonds. The Morgan fingerprint density at radius 2 is 1.86 bits per heavy atom. The van der Waals surface area contributed by atoms with E-state index in [2.05, 4.69) is 5.43 Å². The zero-order chi connectivity index (χ0) is 15.2. The van der Waals surface area contributed by atoms with Gasteiger partial charge in [0.25, 0.3) is 0 Å². The molecule has 0 saturated carbocycles. The summed E-state index contributed by atoms with van der Waals surface area (Å²) in [5.41, 5.74) is 4.86. The molecule has 0 radical (unpaired) electrons. The fourth-order valence-electron chi connectivity index (χ4n) is 2.35. The van der Waals surface area contributed by atoms with Crippen molar-refractivity contribution in [1.29, 1.82) is 0 Å². The molecule has 2 aromatic rings. The van der Waals surface area contributed by atoms with Crippen LogP contribution >= 0.6 is 23.2 Å². The number of nitrogens with one attached hydrogen (secondary N) is 1. The molecule has 21 heavy (non-hydrogen) atoms. The van der Waals surface area contributed by atoms with E-state index in [4.69, 9.17) is 33.8 Å². The van der Waals surface area contributed by atoms with Crippen molar-refractivity contribution >= 4 is 23.2 Å². The molecular formula is C16H18Cl2N2O. The van der Waals surface area contributed by atoms with Crippen LogP contribution in [0.25, 0.3) is 0 Å². The second kappa shape index (κ2) is 7.78. The first kappa shape index (κ1) is 16.3. The maximum atomic E-state index is 6.23. The fraction of sp³-hybridized carbons (Fsp3) is 0.250. The summed E-state index contributed by atoms with van der Waals surface area (Å²) in [6, 6.07) is 15.3. The average Bonchev–Trinajstić information content (AvgIpc) is 2.50. The number of ether oxygens (including phenoxy) is 1. The third kappa shape index (κ3) is 4.19. The maximum absolute atomic E-state index is 6.23. The number of hydrogen-bond acceptors (Lipinski definition) is 3. The van der Waals surface area contributed by atoms with Gasteiger partial charge in [0, 0.05) is 17.2 Å². The van der Waals surface area contributed by atoms with Crippen LogP contribution in [-0.2, 0) is 11.2 Å². The normalized spacial score (nSPS) is 13.9. The molecule has 0 saturated heterocycles. The van der Waals surface area contributed by atoms with Gasteiger partial charge in [0.2, 0.25) is 0 Å². The Kier molecular flexibility index (Phi) is 6.03. The molecule has 0 bridgehead atoms. The minimum absolute atomic E-state index is 0.101. The highest BCUT2D eigenvalue weighted by atomic mass is 35.5. The third-order valence-corrected chi connectivity index (χ3v) is 4.00. The van der Waals surface area contributed by atoms with Gasteiger partial charge in [-0.25, -0.2) is 0 Å². The molecule has 0 aliphatic rings. The van der Waals surface area contributed by atoms with Crippen molar-refractivity contribution in [3.8, 4) is 0 Å². The van der Waals surface area contributed by atoms with Crippen LogP contribution in [0.3, 0.4) is 0 Å². The van der Waals surface area contributed by atoms with Gasteiger partial charge in [0.05, 0.1) is 12.1 Å². The molecule has 0 aliphatic heterocycles. The van der Waals surface area contributed by atoms with Crippen LogP contribution < -0.4 is 11.3 Å². The van der Waals surface area contributed by atoms with Crippen LogP contribution in [-0.4, -0.2) is 13.2 Å². The van der Waals surface area contributed by atoms with Crippen molar-refractivity contribution in [1.82, 2.24) is 5.43 Å². The van der Waals surface area contributed by atoms with Gasteiger partial charge in [-0.1, -0.05) is 59.6 Å². The van der Waals surface area contributed by atoms with Gasteiger partial charge in [-0.05, 0) is 29.7 Å². The van der Waals surface area contributed by atoms with E-state index < -0.39 is 0 Å². The van der Waals surface area contributed by atoms with Crippen LogP contribution in [0.15, 0.2) is 48.5 Å². The third-order valence-electron chi connectivity index (χ3n) is 3.42. The zero-order valence-corrected chi connectivity index (χ0v) is 13.2. The van der Waals surface area contributed by atoms with Gasteiger partial charge >= 0.3 is 0 Å². The predicted octanol–water partition coefficient (Wildman–Crippen LogP) is 3.76. The van der Waals surface area contributed by atoms with Gasteiger partial charge in [-0.3, -0.25) is 11.3 Å². The standard InChI is InChI=1S/C16H18Cl2N2O/c1-21-16(11-5-3-2-4-6-11)15(20-19)9-12-7-8-13(17)10-14(12)18/h2-8,10,15-16,20H,9,19H2,1H3. The molecular weight excluding hydrogens is 307 g/mol. The first-order valence-corrected chi connectivity index (χ1v) is 7.39. The van der Waals surface area contributed by atoms with E-state index in [-0.39, 0.29) is 12.1 Å². The lowest BCUT2D eigenvalue weighted by Gasteiger charge is -2.26. The van der Waals surface area contributed by atoms with Gasteiger partial charge < -0.3 is 4.74 Å². The van der Waals surface area contributed by atoms with Crippen LogP contribution in [0, 0.1) is 0 Å². The summed E-state index contributed by atoms with van der Waals surface area (Å²) < 4.78 is 5.61. The number of benzene rings is 2. The molecule has 0 heterocycles.